The molecule has 2 aromatic carbocycles. The van der Waals surface area contributed by atoms with Crippen LogP contribution < -0.4 is 0 Å². The van der Waals surface area contributed by atoms with Gasteiger partial charge in [-0.1, -0.05) is 66.2 Å². The highest BCUT2D eigenvalue weighted by molar-refractivity contribution is 5.82. The van der Waals surface area contributed by atoms with Crippen molar-refractivity contribution in [3.63, 3.8) is 0 Å². The molecule has 1 heteroatoms. The fourth-order valence-corrected chi connectivity index (χ4v) is 4.75. The molecule has 24 heavy (non-hydrogen) atoms. The van der Waals surface area contributed by atoms with Gasteiger partial charge in [0.25, 0.3) is 0 Å². The Balaban J connectivity index is 1.77. The molecule has 2 aliphatic rings. The molecule has 2 aliphatic heterocycles. The molecule has 0 aliphatic carbocycles. The summed E-state index contributed by atoms with van der Waals surface area (Å²) in [5, 5.41) is 0. The van der Waals surface area contributed by atoms with Crippen LogP contribution in [0.25, 0.3) is 5.57 Å². The van der Waals surface area contributed by atoms with E-state index in [0.29, 0.717) is 0 Å². The Morgan fingerprint density at radius 1 is 0.833 bits per heavy atom. The Morgan fingerprint density at radius 3 is 2.08 bits per heavy atom. The fourth-order valence-electron chi connectivity index (χ4n) is 4.75. The monoisotopic (exact) mass is 318 g/mol. The third-order valence-corrected chi connectivity index (χ3v) is 6.22. The van der Waals surface area contributed by atoms with E-state index in [1.165, 1.54) is 66.4 Å². The lowest BCUT2D eigenvalue weighted by molar-refractivity contribution is -0.941. The number of hydrogen-bond acceptors (Lipinski definition) is 0. The van der Waals surface area contributed by atoms with Gasteiger partial charge in [0, 0.05) is 12.8 Å². The van der Waals surface area contributed by atoms with Crippen LogP contribution in [0.15, 0.2) is 66.2 Å². The summed E-state index contributed by atoms with van der Waals surface area (Å²) in [6.45, 7) is 2.69. The summed E-state index contributed by atoms with van der Waals surface area (Å²) in [7, 11) is 2.49. The van der Waals surface area contributed by atoms with Crippen molar-refractivity contribution in [1.29, 1.82) is 0 Å². The zero-order chi connectivity index (χ0) is 16.4. The highest BCUT2D eigenvalue weighted by Crippen LogP contribution is 2.39. The van der Waals surface area contributed by atoms with Gasteiger partial charge in [-0.05, 0) is 36.0 Å². The highest BCUT2D eigenvalue weighted by atomic mass is 15.4. The summed E-state index contributed by atoms with van der Waals surface area (Å²) in [4.78, 5) is 0. The molecule has 0 radical (unpaired) electrons. The molecule has 0 N–H and O–H groups in total. The second-order valence-corrected chi connectivity index (χ2v) is 7.74. The van der Waals surface area contributed by atoms with E-state index in [4.69, 9.17) is 0 Å². The maximum absolute atomic E-state index is 2.49. The normalized spacial score (nSPS) is 26.7. The van der Waals surface area contributed by atoms with E-state index in [9.17, 15) is 0 Å². The maximum Gasteiger partial charge on any atom is 0.0926 e. The first-order valence-electron chi connectivity index (χ1n) is 9.43. The average molecular weight is 318 g/mol. The van der Waals surface area contributed by atoms with E-state index >= 15 is 0 Å². The zero-order valence-electron chi connectivity index (χ0n) is 14.7. The Kier molecular flexibility index (Phi) is 4.28. The van der Waals surface area contributed by atoms with Crippen molar-refractivity contribution in [3.8, 4) is 0 Å². The second kappa shape index (κ2) is 6.57. The molecular weight excluding hydrogens is 290 g/mol. The highest BCUT2D eigenvalue weighted by Gasteiger charge is 2.39. The quantitative estimate of drug-likeness (QED) is 0.661. The van der Waals surface area contributed by atoms with Gasteiger partial charge in [-0.2, -0.15) is 0 Å². The number of hydrogen-bond donors (Lipinski definition) is 0. The number of benzene rings is 2. The summed E-state index contributed by atoms with van der Waals surface area (Å²) in [5.74, 6) is 0. The van der Waals surface area contributed by atoms with Crippen molar-refractivity contribution < 1.29 is 4.48 Å². The van der Waals surface area contributed by atoms with E-state index < -0.39 is 0 Å². The lowest BCUT2D eigenvalue weighted by Crippen LogP contribution is -2.57. The van der Waals surface area contributed by atoms with Crippen LogP contribution >= 0.6 is 0 Å². The van der Waals surface area contributed by atoms with Gasteiger partial charge in [0.1, 0.15) is 0 Å². The molecular formula is C23H28N+. The SMILES string of the molecule is C[N@@+]12CCCC[C@H]1CC(=C(c1ccccc1)c1ccccc1)CC2. The van der Waals surface area contributed by atoms with Crippen molar-refractivity contribution in [2.75, 3.05) is 20.1 Å². The molecule has 0 amide bonds. The standard InChI is InChI=1S/C23H28N/c1-24-16-9-8-14-22(24)18-21(15-17-24)23(19-10-4-2-5-11-19)20-12-6-3-7-13-20/h2-7,10-13,22H,8-9,14-18H2,1H3/q+1/t22-,24-/m0/s1. The Labute approximate surface area is 146 Å². The van der Waals surface area contributed by atoms with Crippen LogP contribution in [0.4, 0.5) is 0 Å². The second-order valence-electron chi connectivity index (χ2n) is 7.74. The topological polar surface area (TPSA) is 0 Å². The van der Waals surface area contributed by atoms with Crippen molar-refractivity contribution in [3.05, 3.63) is 77.4 Å². The molecule has 2 aromatic rings. The summed E-state index contributed by atoms with van der Waals surface area (Å²) in [6, 6.07) is 22.8. The van der Waals surface area contributed by atoms with Crippen LogP contribution in [0.3, 0.4) is 0 Å². The van der Waals surface area contributed by atoms with Crippen LogP contribution in [-0.4, -0.2) is 30.7 Å². The van der Waals surface area contributed by atoms with E-state index in [1.54, 1.807) is 5.57 Å². The first-order valence-corrected chi connectivity index (χ1v) is 9.43. The van der Waals surface area contributed by atoms with Crippen LogP contribution in [0.2, 0.25) is 0 Å². The minimum Gasteiger partial charge on any atom is -0.323 e. The lowest BCUT2D eigenvalue weighted by atomic mass is 9.82. The molecule has 0 unspecified atom stereocenters. The van der Waals surface area contributed by atoms with Gasteiger partial charge < -0.3 is 4.48 Å². The van der Waals surface area contributed by atoms with E-state index in [0.717, 1.165) is 6.04 Å². The van der Waals surface area contributed by atoms with Gasteiger partial charge in [-0.3, -0.25) is 0 Å². The van der Waals surface area contributed by atoms with Crippen molar-refractivity contribution >= 4 is 5.57 Å². The van der Waals surface area contributed by atoms with Gasteiger partial charge in [-0.15, -0.1) is 0 Å². The van der Waals surface area contributed by atoms with Gasteiger partial charge >= 0.3 is 0 Å². The summed E-state index contributed by atoms with van der Waals surface area (Å²) >= 11 is 0. The van der Waals surface area contributed by atoms with E-state index in [1.807, 2.05) is 0 Å². The predicted molar refractivity (Wildman–Crippen MR) is 102 cm³/mol. The van der Waals surface area contributed by atoms with Gasteiger partial charge in [0.2, 0.25) is 0 Å². The smallest absolute Gasteiger partial charge is 0.0926 e. The summed E-state index contributed by atoms with van der Waals surface area (Å²) in [6.07, 6.45) is 6.74. The Bertz CT molecular complexity index is 675. The molecule has 124 valence electrons. The van der Waals surface area contributed by atoms with Gasteiger partial charge in [0.15, 0.2) is 0 Å². The molecule has 0 saturated carbocycles. The van der Waals surface area contributed by atoms with Crippen LogP contribution in [0.5, 0.6) is 0 Å². The molecule has 2 fully saturated rings. The third-order valence-electron chi connectivity index (χ3n) is 6.22. The minimum atomic E-state index is 0.824. The molecule has 0 bridgehead atoms. The molecule has 4 rings (SSSR count). The Hall–Kier alpha value is -1.86. The number of rotatable bonds is 2. The number of quaternary nitrogens is 1. The maximum atomic E-state index is 2.49. The number of fused-ring (bicyclic) bond motifs is 1. The number of piperidine rings is 2. The first-order chi connectivity index (χ1) is 11.8. The van der Waals surface area contributed by atoms with Crippen LogP contribution in [0, 0.1) is 0 Å². The average Bonchev–Trinajstić information content (AvgIpc) is 2.64. The summed E-state index contributed by atoms with van der Waals surface area (Å²) < 4.78 is 1.31. The predicted octanol–water partition coefficient (Wildman–Crippen LogP) is 5.28. The van der Waals surface area contributed by atoms with Crippen molar-refractivity contribution in [1.82, 2.24) is 0 Å². The molecule has 2 saturated heterocycles. The summed E-state index contributed by atoms with van der Waals surface area (Å²) in [5.41, 5.74) is 5.93. The molecule has 0 aromatic heterocycles. The zero-order valence-corrected chi connectivity index (χ0v) is 14.7. The molecule has 2 atom stereocenters. The lowest BCUT2D eigenvalue weighted by Gasteiger charge is -2.48. The molecule has 1 nitrogen and oxygen atoms in total. The fraction of sp³-hybridized carbons (Fsp3) is 0.391. The van der Waals surface area contributed by atoms with Crippen LogP contribution in [0.1, 0.15) is 43.2 Å². The minimum absolute atomic E-state index is 0.824. The van der Waals surface area contributed by atoms with E-state index in [-0.39, 0.29) is 0 Å². The van der Waals surface area contributed by atoms with Gasteiger partial charge in [0.05, 0.1) is 26.2 Å². The van der Waals surface area contributed by atoms with Crippen molar-refractivity contribution in [2.45, 2.75) is 38.1 Å². The number of nitrogens with zero attached hydrogens (tertiary/aromatic N) is 1. The van der Waals surface area contributed by atoms with E-state index in [2.05, 4.69) is 67.7 Å². The molecule has 2 heterocycles. The molecule has 0 spiro atoms. The van der Waals surface area contributed by atoms with Crippen molar-refractivity contribution in [2.24, 2.45) is 0 Å². The largest absolute Gasteiger partial charge is 0.323 e. The van der Waals surface area contributed by atoms with Crippen LogP contribution in [-0.2, 0) is 0 Å². The Morgan fingerprint density at radius 2 is 1.46 bits per heavy atom. The van der Waals surface area contributed by atoms with Gasteiger partial charge in [-0.25, -0.2) is 0 Å². The third kappa shape index (κ3) is 2.93. The first kappa shape index (κ1) is 15.7.